The summed E-state index contributed by atoms with van der Waals surface area (Å²) in [6.45, 7) is 4.41. The van der Waals surface area contributed by atoms with Crippen LogP contribution in [0.4, 0.5) is 0 Å². The summed E-state index contributed by atoms with van der Waals surface area (Å²) >= 11 is 8.99. The van der Waals surface area contributed by atoms with Gasteiger partial charge in [-0.05, 0) is 19.3 Å². The van der Waals surface area contributed by atoms with Crippen LogP contribution in [0.5, 0.6) is 0 Å². The molecule has 0 amide bonds. The molecule has 0 rings (SSSR count). The average molecular weight is 192 g/mol. The second-order valence-corrected chi connectivity index (χ2v) is 4.58. The van der Waals surface area contributed by atoms with Gasteiger partial charge < -0.3 is 0 Å². The van der Waals surface area contributed by atoms with Crippen molar-refractivity contribution in [1.82, 2.24) is 0 Å². The fourth-order valence-corrected chi connectivity index (χ4v) is 2.41. The molecule has 0 aromatic carbocycles. The number of hydrogen-bond donors (Lipinski definition) is 2. The number of rotatable bonds is 6. The molecule has 68 valence electrons. The van der Waals surface area contributed by atoms with Gasteiger partial charge in [-0.25, -0.2) is 0 Å². The van der Waals surface area contributed by atoms with Gasteiger partial charge in [0.05, 0.1) is 0 Å². The second-order valence-electron chi connectivity index (χ2n) is 3.12. The van der Waals surface area contributed by atoms with E-state index in [4.69, 9.17) is 0 Å². The van der Waals surface area contributed by atoms with E-state index >= 15 is 0 Å². The standard InChI is InChI=1S/C9H20S2/c1-3-5-8(10)7-9(11)6-4-2/h8-11H,3-7H2,1-2H3. The predicted octanol–water partition coefficient (Wildman–Crippen LogP) is 3.57. The van der Waals surface area contributed by atoms with E-state index in [1.165, 1.54) is 25.7 Å². The maximum atomic E-state index is 4.49. The first kappa shape index (κ1) is 11.7. The van der Waals surface area contributed by atoms with Crippen LogP contribution >= 0.6 is 25.3 Å². The first-order valence-electron chi connectivity index (χ1n) is 4.56. The summed E-state index contributed by atoms with van der Waals surface area (Å²) in [4.78, 5) is 0. The van der Waals surface area contributed by atoms with Crippen molar-refractivity contribution in [2.45, 2.75) is 56.5 Å². The predicted molar refractivity (Wildman–Crippen MR) is 60.0 cm³/mol. The summed E-state index contributed by atoms with van der Waals surface area (Å²) in [6.07, 6.45) is 6.09. The van der Waals surface area contributed by atoms with E-state index in [-0.39, 0.29) is 0 Å². The van der Waals surface area contributed by atoms with Crippen molar-refractivity contribution in [3.05, 3.63) is 0 Å². The summed E-state index contributed by atoms with van der Waals surface area (Å²) < 4.78 is 0. The molecule has 0 aliphatic carbocycles. The molecule has 0 spiro atoms. The first-order valence-corrected chi connectivity index (χ1v) is 5.60. The van der Waals surface area contributed by atoms with Crippen molar-refractivity contribution >= 4 is 25.3 Å². The van der Waals surface area contributed by atoms with E-state index in [0.29, 0.717) is 10.5 Å². The van der Waals surface area contributed by atoms with Crippen molar-refractivity contribution in [2.75, 3.05) is 0 Å². The first-order chi connectivity index (χ1) is 5.20. The lowest BCUT2D eigenvalue weighted by Gasteiger charge is -2.14. The Morgan fingerprint density at radius 1 is 0.909 bits per heavy atom. The highest BCUT2D eigenvalue weighted by atomic mass is 32.1. The van der Waals surface area contributed by atoms with Crippen molar-refractivity contribution < 1.29 is 0 Å². The largest absolute Gasteiger partial charge is 0.176 e. The molecule has 0 saturated carbocycles. The Hall–Kier alpha value is 0.700. The third-order valence-corrected chi connectivity index (χ3v) is 2.73. The maximum Gasteiger partial charge on any atom is 0.00271 e. The van der Waals surface area contributed by atoms with E-state index in [1.807, 2.05) is 0 Å². The minimum absolute atomic E-state index is 0.564. The summed E-state index contributed by atoms with van der Waals surface area (Å²) in [5.74, 6) is 0. The van der Waals surface area contributed by atoms with Crippen LogP contribution in [0.25, 0.3) is 0 Å². The van der Waals surface area contributed by atoms with Crippen LogP contribution in [0.1, 0.15) is 46.0 Å². The maximum absolute atomic E-state index is 4.49. The Labute approximate surface area is 82.0 Å². The summed E-state index contributed by atoms with van der Waals surface area (Å²) in [7, 11) is 0. The Morgan fingerprint density at radius 2 is 1.27 bits per heavy atom. The fraction of sp³-hybridized carbons (Fsp3) is 1.00. The molecule has 0 saturated heterocycles. The smallest absolute Gasteiger partial charge is 0.00271 e. The van der Waals surface area contributed by atoms with Gasteiger partial charge in [0, 0.05) is 10.5 Å². The zero-order chi connectivity index (χ0) is 8.69. The quantitative estimate of drug-likeness (QED) is 0.591. The number of thiol groups is 2. The Bertz CT molecular complexity index is 73.6. The summed E-state index contributed by atoms with van der Waals surface area (Å²) in [6, 6.07) is 0. The molecule has 2 atom stereocenters. The van der Waals surface area contributed by atoms with Gasteiger partial charge >= 0.3 is 0 Å². The molecule has 0 N–H and O–H groups in total. The van der Waals surface area contributed by atoms with Crippen LogP contribution in [0.15, 0.2) is 0 Å². The molecule has 0 aliphatic heterocycles. The van der Waals surface area contributed by atoms with Gasteiger partial charge in [0.15, 0.2) is 0 Å². The molecular weight excluding hydrogens is 172 g/mol. The highest BCUT2D eigenvalue weighted by molar-refractivity contribution is 7.81. The van der Waals surface area contributed by atoms with Crippen LogP contribution in [0, 0.1) is 0 Å². The summed E-state index contributed by atoms with van der Waals surface area (Å²) in [5.41, 5.74) is 0. The van der Waals surface area contributed by atoms with Crippen LogP contribution in [0.3, 0.4) is 0 Å². The molecule has 0 aromatic rings. The van der Waals surface area contributed by atoms with Gasteiger partial charge in [0.25, 0.3) is 0 Å². The SMILES string of the molecule is CCCC(S)CC(S)CCC. The van der Waals surface area contributed by atoms with Gasteiger partial charge in [-0.2, -0.15) is 25.3 Å². The van der Waals surface area contributed by atoms with Gasteiger partial charge in [-0.15, -0.1) is 0 Å². The lowest BCUT2D eigenvalue weighted by atomic mass is 10.1. The van der Waals surface area contributed by atoms with Gasteiger partial charge in [0.1, 0.15) is 0 Å². The van der Waals surface area contributed by atoms with Crippen LogP contribution in [-0.4, -0.2) is 10.5 Å². The Kier molecular flexibility index (Phi) is 7.82. The summed E-state index contributed by atoms with van der Waals surface area (Å²) in [5, 5.41) is 1.13. The minimum atomic E-state index is 0.564. The van der Waals surface area contributed by atoms with E-state index < -0.39 is 0 Å². The fourth-order valence-electron chi connectivity index (χ4n) is 1.22. The topological polar surface area (TPSA) is 0 Å². The number of hydrogen-bond acceptors (Lipinski definition) is 2. The molecule has 0 aliphatic rings. The minimum Gasteiger partial charge on any atom is -0.176 e. The molecule has 2 unspecified atom stereocenters. The molecule has 0 radical (unpaired) electrons. The lowest BCUT2D eigenvalue weighted by molar-refractivity contribution is 0.632. The van der Waals surface area contributed by atoms with Crippen molar-refractivity contribution in [1.29, 1.82) is 0 Å². The molecule has 0 bridgehead atoms. The lowest BCUT2D eigenvalue weighted by Crippen LogP contribution is -2.08. The molecular formula is C9H20S2. The zero-order valence-electron chi connectivity index (χ0n) is 7.58. The van der Waals surface area contributed by atoms with E-state index in [0.717, 1.165) is 6.42 Å². The van der Waals surface area contributed by atoms with Crippen LogP contribution in [-0.2, 0) is 0 Å². The van der Waals surface area contributed by atoms with E-state index in [2.05, 4.69) is 39.1 Å². The monoisotopic (exact) mass is 192 g/mol. The average Bonchev–Trinajstić information content (AvgIpc) is 1.87. The van der Waals surface area contributed by atoms with Crippen molar-refractivity contribution in [2.24, 2.45) is 0 Å². The van der Waals surface area contributed by atoms with Crippen LogP contribution in [0.2, 0.25) is 0 Å². The highest BCUT2D eigenvalue weighted by Gasteiger charge is 2.07. The van der Waals surface area contributed by atoms with Crippen LogP contribution < -0.4 is 0 Å². The second kappa shape index (κ2) is 7.35. The molecule has 0 nitrogen and oxygen atoms in total. The third-order valence-electron chi connectivity index (χ3n) is 1.79. The van der Waals surface area contributed by atoms with Gasteiger partial charge in [0.2, 0.25) is 0 Å². The Balaban J connectivity index is 3.32. The van der Waals surface area contributed by atoms with Gasteiger partial charge in [-0.3, -0.25) is 0 Å². The van der Waals surface area contributed by atoms with E-state index in [1.54, 1.807) is 0 Å². The van der Waals surface area contributed by atoms with Crippen molar-refractivity contribution in [3.8, 4) is 0 Å². The van der Waals surface area contributed by atoms with Gasteiger partial charge in [-0.1, -0.05) is 26.7 Å². The third kappa shape index (κ3) is 7.07. The molecule has 11 heavy (non-hydrogen) atoms. The van der Waals surface area contributed by atoms with Crippen molar-refractivity contribution in [3.63, 3.8) is 0 Å². The molecule has 0 fully saturated rings. The molecule has 0 aromatic heterocycles. The van der Waals surface area contributed by atoms with E-state index in [9.17, 15) is 0 Å². The zero-order valence-corrected chi connectivity index (χ0v) is 9.37. The normalized spacial score (nSPS) is 16.4. The molecule has 2 heteroatoms. The molecule has 0 heterocycles. The highest BCUT2D eigenvalue weighted by Crippen LogP contribution is 2.18. The Morgan fingerprint density at radius 3 is 1.55 bits per heavy atom.